The van der Waals surface area contributed by atoms with Crippen LogP contribution in [0.5, 0.6) is 5.75 Å². The molecule has 138 valence electrons. The fraction of sp³-hybridized carbons (Fsp3) is 0.263. The summed E-state index contributed by atoms with van der Waals surface area (Å²) in [6, 6.07) is 12.7. The van der Waals surface area contributed by atoms with Crippen LogP contribution in [0.15, 0.2) is 48.5 Å². The Morgan fingerprint density at radius 3 is 2.38 bits per heavy atom. The van der Waals surface area contributed by atoms with Gasteiger partial charge in [-0.25, -0.2) is 4.39 Å². The molecule has 0 spiro atoms. The van der Waals surface area contributed by atoms with Crippen LogP contribution in [-0.2, 0) is 16.0 Å². The zero-order valence-corrected chi connectivity index (χ0v) is 14.6. The van der Waals surface area contributed by atoms with E-state index in [1.54, 1.807) is 38.3 Å². The summed E-state index contributed by atoms with van der Waals surface area (Å²) < 4.78 is 18.6. The molecule has 0 saturated carbocycles. The second-order valence-electron chi connectivity index (χ2n) is 6.14. The Morgan fingerprint density at radius 2 is 1.77 bits per heavy atom. The van der Waals surface area contributed by atoms with E-state index in [0.29, 0.717) is 5.75 Å². The summed E-state index contributed by atoms with van der Waals surface area (Å²) in [7, 11) is 1.56. The average molecular weight is 360 g/mol. The lowest BCUT2D eigenvalue weighted by Crippen LogP contribution is -2.45. The normalized spacial score (nSPS) is 12.8. The van der Waals surface area contributed by atoms with Crippen LogP contribution in [-0.4, -0.2) is 36.2 Å². The number of anilines is 1. The molecule has 2 rings (SSSR count). The van der Waals surface area contributed by atoms with Crippen molar-refractivity contribution in [3.05, 3.63) is 59.9 Å². The minimum absolute atomic E-state index is 0.0855. The van der Waals surface area contributed by atoms with E-state index in [1.807, 2.05) is 0 Å². The third-order valence-electron chi connectivity index (χ3n) is 3.70. The van der Waals surface area contributed by atoms with E-state index in [9.17, 15) is 19.1 Å². The molecule has 2 amide bonds. The number of ether oxygens (including phenoxy) is 1. The number of halogens is 1. The molecule has 0 aromatic heterocycles. The first-order valence-electron chi connectivity index (χ1n) is 8.00. The van der Waals surface area contributed by atoms with E-state index in [2.05, 4.69) is 10.6 Å². The van der Waals surface area contributed by atoms with Gasteiger partial charge in [0.05, 0.1) is 18.4 Å². The number of carbonyl (C=O) groups is 2. The van der Waals surface area contributed by atoms with Crippen LogP contribution in [0.25, 0.3) is 0 Å². The van der Waals surface area contributed by atoms with Gasteiger partial charge in [0.1, 0.15) is 11.6 Å². The fourth-order valence-corrected chi connectivity index (χ4v) is 2.34. The van der Waals surface area contributed by atoms with Crippen molar-refractivity contribution in [3.63, 3.8) is 0 Å². The maximum atomic E-state index is 13.5. The molecule has 0 bridgehead atoms. The second-order valence-corrected chi connectivity index (χ2v) is 6.14. The first-order chi connectivity index (χ1) is 12.3. The van der Waals surface area contributed by atoms with Crippen LogP contribution < -0.4 is 15.4 Å². The zero-order valence-electron chi connectivity index (χ0n) is 14.6. The van der Waals surface area contributed by atoms with Crippen molar-refractivity contribution in [2.24, 2.45) is 0 Å². The molecule has 0 aliphatic carbocycles. The number of hydrogen-bond donors (Lipinski definition) is 3. The van der Waals surface area contributed by atoms with Crippen LogP contribution in [0.3, 0.4) is 0 Å². The number of aliphatic hydroxyl groups is 1. The first-order valence-corrected chi connectivity index (χ1v) is 8.00. The van der Waals surface area contributed by atoms with Gasteiger partial charge in [0.25, 0.3) is 0 Å². The number of nitrogens with one attached hydrogen (secondary N) is 2. The Balaban J connectivity index is 1.88. The Labute approximate surface area is 151 Å². The van der Waals surface area contributed by atoms with Gasteiger partial charge in [-0.2, -0.15) is 0 Å². The minimum Gasteiger partial charge on any atom is -0.497 e. The van der Waals surface area contributed by atoms with Crippen LogP contribution in [0.4, 0.5) is 10.1 Å². The topological polar surface area (TPSA) is 87.7 Å². The van der Waals surface area contributed by atoms with E-state index in [0.717, 1.165) is 5.56 Å². The van der Waals surface area contributed by atoms with Gasteiger partial charge in [0, 0.05) is 13.0 Å². The van der Waals surface area contributed by atoms with Crippen molar-refractivity contribution in [2.75, 3.05) is 19.0 Å². The van der Waals surface area contributed by atoms with E-state index < -0.39 is 23.2 Å². The molecule has 2 aromatic rings. The Hall–Kier alpha value is -2.93. The van der Waals surface area contributed by atoms with Crippen LogP contribution in [0.1, 0.15) is 12.5 Å². The minimum atomic E-state index is -1.26. The molecule has 6 nitrogen and oxygen atoms in total. The molecule has 26 heavy (non-hydrogen) atoms. The molecular formula is C19H21FN2O4. The van der Waals surface area contributed by atoms with Gasteiger partial charge in [-0.15, -0.1) is 0 Å². The summed E-state index contributed by atoms with van der Waals surface area (Å²) in [5.74, 6) is -1.90. The molecule has 0 saturated heterocycles. The van der Waals surface area contributed by atoms with Crippen molar-refractivity contribution in [1.29, 1.82) is 0 Å². The number of para-hydroxylation sites is 1. The zero-order chi connectivity index (χ0) is 19.2. The van der Waals surface area contributed by atoms with Gasteiger partial charge in [0.2, 0.25) is 0 Å². The highest BCUT2D eigenvalue weighted by molar-refractivity contribution is 6.39. The molecule has 0 fully saturated rings. The summed E-state index contributed by atoms with van der Waals surface area (Å²) in [4.78, 5) is 23.7. The number of rotatable bonds is 6. The summed E-state index contributed by atoms with van der Waals surface area (Å²) in [5.41, 5.74) is -0.499. The maximum absolute atomic E-state index is 13.5. The summed E-state index contributed by atoms with van der Waals surface area (Å²) in [6.45, 7) is 1.41. The van der Waals surface area contributed by atoms with Gasteiger partial charge in [-0.05, 0) is 36.8 Å². The summed E-state index contributed by atoms with van der Waals surface area (Å²) >= 11 is 0. The van der Waals surface area contributed by atoms with Gasteiger partial charge in [-0.3, -0.25) is 9.59 Å². The largest absolute Gasteiger partial charge is 0.497 e. The fourth-order valence-electron chi connectivity index (χ4n) is 2.34. The lowest BCUT2D eigenvalue weighted by Gasteiger charge is -2.23. The Bertz CT molecular complexity index is 775. The van der Waals surface area contributed by atoms with Gasteiger partial charge < -0.3 is 20.5 Å². The van der Waals surface area contributed by atoms with Crippen molar-refractivity contribution >= 4 is 17.5 Å². The average Bonchev–Trinajstić information content (AvgIpc) is 2.62. The number of benzene rings is 2. The van der Waals surface area contributed by atoms with Gasteiger partial charge in [0.15, 0.2) is 0 Å². The molecule has 0 heterocycles. The van der Waals surface area contributed by atoms with E-state index in [-0.39, 0.29) is 18.7 Å². The summed E-state index contributed by atoms with van der Waals surface area (Å²) in [6.07, 6.45) is 0.270. The molecule has 1 unspecified atom stereocenters. The van der Waals surface area contributed by atoms with E-state index >= 15 is 0 Å². The molecule has 1 atom stereocenters. The predicted molar refractivity (Wildman–Crippen MR) is 95.4 cm³/mol. The van der Waals surface area contributed by atoms with Gasteiger partial charge in [-0.1, -0.05) is 24.3 Å². The van der Waals surface area contributed by atoms with E-state index in [1.165, 1.54) is 24.3 Å². The predicted octanol–water partition coefficient (Wildman–Crippen LogP) is 1.88. The molecular weight excluding hydrogens is 339 g/mol. The quantitative estimate of drug-likeness (QED) is 0.687. The highest BCUT2D eigenvalue weighted by Crippen LogP contribution is 2.17. The number of amides is 2. The van der Waals surface area contributed by atoms with Crippen LogP contribution in [0.2, 0.25) is 0 Å². The van der Waals surface area contributed by atoms with Crippen molar-refractivity contribution < 1.29 is 23.8 Å². The van der Waals surface area contributed by atoms with Gasteiger partial charge >= 0.3 is 11.8 Å². The molecule has 0 radical (unpaired) electrons. The summed E-state index contributed by atoms with van der Waals surface area (Å²) in [5, 5.41) is 15.0. The van der Waals surface area contributed by atoms with Crippen LogP contribution >= 0.6 is 0 Å². The lowest BCUT2D eigenvalue weighted by atomic mass is 9.96. The highest BCUT2D eigenvalue weighted by atomic mass is 19.1. The van der Waals surface area contributed by atoms with Crippen molar-refractivity contribution in [1.82, 2.24) is 5.32 Å². The number of methoxy groups -OCH3 is 1. The third-order valence-corrected chi connectivity index (χ3v) is 3.70. The number of carbonyl (C=O) groups excluding carboxylic acids is 2. The standard InChI is InChI=1S/C19H21FN2O4/c1-19(25,11-13-7-9-14(26-2)10-8-13)12-21-17(23)18(24)22-16-6-4-3-5-15(16)20/h3-10,25H,11-12H2,1-2H3,(H,21,23)(H,22,24). The van der Waals surface area contributed by atoms with E-state index in [4.69, 9.17) is 4.74 Å². The molecule has 2 aromatic carbocycles. The molecule has 3 N–H and O–H groups in total. The monoisotopic (exact) mass is 360 g/mol. The van der Waals surface area contributed by atoms with Crippen LogP contribution in [0, 0.1) is 5.82 Å². The first kappa shape index (κ1) is 19.4. The molecule has 0 aliphatic rings. The lowest BCUT2D eigenvalue weighted by molar-refractivity contribution is -0.136. The molecule has 0 aliphatic heterocycles. The smallest absolute Gasteiger partial charge is 0.313 e. The second kappa shape index (κ2) is 8.44. The molecule has 7 heteroatoms. The van der Waals surface area contributed by atoms with Crippen molar-refractivity contribution in [2.45, 2.75) is 18.9 Å². The third kappa shape index (κ3) is 5.56. The van der Waals surface area contributed by atoms with Crippen molar-refractivity contribution in [3.8, 4) is 5.75 Å². The Morgan fingerprint density at radius 1 is 1.12 bits per heavy atom. The SMILES string of the molecule is COc1ccc(CC(C)(O)CNC(=O)C(=O)Nc2ccccc2F)cc1. The number of hydrogen-bond acceptors (Lipinski definition) is 4. The Kier molecular flexibility index (Phi) is 6.30. The highest BCUT2D eigenvalue weighted by Gasteiger charge is 2.24. The maximum Gasteiger partial charge on any atom is 0.313 e.